The maximum Gasteiger partial charge on any atom is 0.306 e. The number of carbonyl (C=O) groups excluding carboxylic acids is 3. The molecule has 0 aliphatic heterocycles. The fraction of sp³-hybridized carbons (Fsp3) is 0.675. The van der Waals surface area contributed by atoms with Crippen molar-refractivity contribution in [3.8, 4) is 0 Å². The third-order valence-electron chi connectivity index (χ3n) is 14.6. The van der Waals surface area contributed by atoms with Gasteiger partial charge in [0.2, 0.25) is 0 Å². The predicted octanol–water partition coefficient (Wildman–Crippen LogP) is 24.1. The van der Waals surface area contributed by atoms with Crippen LogP contribution in [0.4, 0.5) is 0 Å². The second-order valence-corrected chi connectivity index (χ2v) is 22.7. The molecule has 472 valence electrons. The van der Waals surface area contributed by atoms with E-state index in [0.717, 1.165) is 148 Å². The van der Waals surface area contributed by atoms with E-state index < -0.39 is 6.10 Å². The van der Waals surface area contributed by atoms with Crippen molar-refractivity contribution >= 4 is 17.9 Å². The summed E-state index contributed by atoms with van der Waals surface area (Å²) in [6, 6.07) is 0. The molecular formula is C77H128O6. The van der Waals surface area contributed by atoms with Gasteiger partial charge in [-0.05, 0) is 128 Å². The van der Waals surface area contributed by atoms with Gasteiger partial charge >= 0.3 is 17.9 Å². The maximum absolute atomic E-state index is 12.9. The summed E-state index contributed by atoms with van der Waals surface area (Å²) in [7, 11) is 0. The summed E-state index contributed by atoms with van der Waals surface area (Å²) < 4.78 is 16.9. The van der Waals surface area contributed by atoms with Gasteiger partial charge in [0.15, 0.2) is 6.10 Å². The first-order valence-corrected chi connectivity index (χ1v) is 34.7. The van der Waals surface area contributed by atoms with Gasteiger partial charge in [0, 0.05) is 19.3 Å². The van der Waals surface area contributed by atoms with Crippen molar-refractivity contribution in [1.29, 1.82) is 0 Å². The summed E-state index contributed by atoms with van der Waals surface area (Å²) in [5, 5.41) is 0. The Bertz CT molecular complexity index is 1750. The van der Waals surface area contributed by atoms with E-state index in [4.69, 9.17) is 14.2 Å². The average Bonchev–Trinajstić information content (AvgIpc) is 3.48. The van der Waals surface area contributed by atoms with Crippen molar-refractivity contribution in [2.45, 2.75) is 322 Å². The maximum atomic E-state index is 12.9. The van der Waals surface area contributed by atoms with E-state index in [1.54, 1.807) is 0 Å². The Balaban J connectivity index is 4.26. The Kier molecular flexibility index (Phi) is 66.3. The molecule has 0 saturated heterocycles. The normalized spacial score (nSPS) is 13.0. The molecule has 0 aliphatic rings. The Morgan fingerprint density at radius 1 is 0.253 bits per heavy atom. The minimum Gasteiger partial charge on any atom is -0.462 e. The van der Waals surface area contributed by atoms with Gasteiger partial charge in [-0.2, -0.15) is 0 Å². The molecule has 0 N–H and O–H groups in total. The number of allylic oxidation sites excluding steroid dienone is 22. The largest absolute Gasteiger partial charge is 0.462 e. The fourth-order valence-corrected chi connectivity index (χ4v) is 9.48. The summed E-state index contributed by atoms with van der Waals surface area (Å²) in [5.74, 6) is -0.906. The first-order chi connectivity index (χ1) is 41.0. The highest BCUT2D eigenvalue weighted by molar-refractivity contribution is 5.71. The zero-order chi connectivity index (χ0) is 59.9. The highest BCUT2D eigenvalue weighted by atomic mass is 16.6. The quantitative estimate of drug-likeness (QED) is 0.0261. The molecule has 0 aliphatic carbocycles. The number of ether oxygens (including phenoxy) is 3. The van der Waals surface area contributed by atoms with Crippen LogP contribution in [-0.2, 0) is 28.6 Å². The van der Waals surface area contributed by atoms with Crippen LogP contribution in [-0.4, -0.2) is 37.2 Å². The van der Waals surface area contributed by atoms with Crippen molar-refractivity contribution in [3.05, 3.63) is 134 Å². The van der Waals surface area contributed by atoms with Crippen LogP contribution < -0.4 is 0 Å². The van der Waals surface area contributed by atoms with Crippen molar-refractivity contribution in [2.24, 2.45) is 0 Å². The van der Waals surface area contributed by atoms with Crippen LogP contribution in [0.2, 0.25) is 0 Å². The van der Waals surface area contributed by atoms with E-state index in [9.17, 15) is 14.4 Å². The van der Waals surface area contributed by atoms with Crippen LogP contribution in [0.25, 0.3) is 0 Å². The number of rotatable bonds is 62. The van der Waals surface area contributed by atoms with Crippen LogP contribution >= 0.6 is 0 Å². The summed E-state index contributed by atoms with van der Waals surface area (Å²) in [5.41, 5.74) is 0. The molecule has 83 heavy (non-hydrogen) atoms. The SMILES string of the molecule is CC/C=C\C/C=C\C/C=C\C/C=C\C/C=C\C/C=C\CCCCCCCCC(=O)OC(COC(=O)CCCCCCC/C=C\CCCC)COC(=O)CCCCCCCCCCCCCCCCCC/C=C\C/C=C\C/C=C\C/C=C\CC. The summed E-state index contributed by atoms with van der Waals surface area (Å²) in [6.45, 7) is 6.38. The molecule has 0 heterocycles. The molecule has 1 atom stereocenters. The van der Waals surface area contributed by atoms with Crippen molar-refractivity contribution in [1.82, 2.24) is 0 Å². The number of esters is 3. The molecular weight excluding hydrogens is 1020 g/mol. The Morgan fingerprint density at radius 2 is 0.470 bits per heavy atom. The molecule has 0 fully saturated rings. The number of hydrogen-bond donors (Lipinski definition) is 0. The highest BCUT2D eigenvalue weighted by Gasteiger charge is 2.19. The molecule has 0 saturated carbocycles. The van der Waals surface area contributed by atoms with E-state index in [1.807, 2.05) is 0 Å². The third kappa shape index (κ3) is 68.2. The molecule has 6 heteroatoms. The predicted molar refractivity (Wildman–Crippen MR) is 362 cm³/mol. The van der Waals surface area contributed by atoms with E-state index >= 15 is 0 Å². The van der Waals surface area contributed by atoms with E-state index in [0.29, 0.717) is 19.3 Å². The van der Waals surface area contributed by atoms with Gasteiger partial charge in [0.1, 0.15) is 13.2 Å². The molecule has 0 spiro atoms. The lowest BCUT2D eigenvalue weighted by atomic mass is 10.0. The monoisotopic (exact) mass is 1150 g/mol. The third-order valence-corrected chi connectivity index (χ3v) is 14.6. The average molecular weight is 1150 g/mol. The standard InChI is InChI=1S/C77H128O6/c1-4-7-10-13-16-19-22-24-26-28-30-32-34-36-37-38-39-41-42-44-46-48-50-52-55-58-61-64-67-70-76(79)82-73-74(72-81-75(78)69-66-63-60-57-54-21-18-15-12-9-6-3)83-77(80)71-68-65-62-59-56-53-51-49-47-45-43-40-35-33-31-29-27-25-23-20-17-14-11-8-5-2/h7-8,10-11,15-20,24-27,30-33,40,43,47,49,74H,4-6,9,12-14,21-23,28-29,34-39,41-42,44-46,48,50-73H2,1-3H3/b10-7-,11-8-,18-15-,19-16-,20-17-,26-24-,27-25-,32-30-,33-31-,43-40-,49-47-. The Hall–Kier alpha value is -4.45. The molecule has 0 radical (unpaired) electrons. The molecule has 0 rings (SSSR count). The summed E-state index contributed by atoms with van der Waals surface area (Å²) in [4.78, 5) is 38.4. The second kappa shape index (κ2) is 70.0. The topological polar surface area (TPSA) is 78.9 Å². The van der Waals surface area contributed by atoms with Crippen molar-refractivity contribution in [2.75, 3.05) is 13.2 Å². The van der Waals surface area contributed by atoms with Crippen LogP contribution in [0.15, 0.2) is 134 Å². The van der Waals surface area contributed by atoms with Crippen molar-refractivity contribution < 1.29 is 28.6 Å². The van der Waals surface area contributed by atoms with Gasteiger partial charge in [-0.15, -0.1) is 0 Å². The van der Waals surface area contributed by atoms with Gasteiger partial charge < -0.3 is 14.2 Å². The fourth-order valence-electron chi connectivity index (χ4n) is 9.48. The molecule has 0 amide bonds. The highest BCUT2D eigenvalue weighted by Crippen LogP contribution is 2.17. The molecule has 0 aromatic carbocycles. The van der Waals surface area contributed by atoms with Gasteiger partial charge in [-0.3, -0.25) is 14.4 Å². The first-order valence-electron chi connectivity index (χ1n) is 34.7. The molecule has 0 bridgehead atoms. The van der Waals surface area contributed by atoms with Gasteiger partial charge in [0.05, 0.1) is 0 Å². The number of unbranched alkanes of at least 4 members (excludes halogenated alkanes) is 29. The van der Waals surface area contributed by atoms with Crippen LogP contribution in [0.3, 0.4) is 0 Å². The lowest BCUT2D eigenvalue weighted by Gasteiger charge is -2.18. The van der Waals surface area contributed by atoms with Crippen LogP contribution in [0.5, 0.6) is 0 Å². The van der Waals surface area contributed by atoms with Gasteiger partial charge in [-0.1, -0.05) is 302 Å². The Labute approximate surface area is 513 Å². The number of hydrogen-bond acceptors (Lipinski definition) is 6. The van der Waals surface area contributed by atoms with Crippen LogP contribution in [0, 0.1) is 0 Å². The second-order valence-electron chi connectivity index (χ2n) is 22.7. The minimum atomic E-state index is -0.794. The molecule has 1 unspecified atom stereocenters. The zero-order valence-corrected chi connectivity index (χ0v) is 54.2. The molecule has 0 aromatic rings. The van der Waals surface area contributed by atoms with Gasteiger partial charge in [0.25, 0.3) is 0 Å². The number of carbonyl (C=O) groups is 3. The van der Waals surface area contributed by atoms with Crippen LogP contribution in [0.1, 0.15) is 316 Å². The summed E-state index contributed by atoms with van der Waals surface area (Å²) in [6.07, 6.45) is 99.1. The molecule has 0 aromatic heterocycles. The summed E-state index contributed by atoms with van der Waals surface area (Å²) >= 11 is 0. The first kappa shape index (κ1) is 78.5. The van der Waals surface area contributed by atoms with E-state index in [1.165, 1.54) is 128 Å². The smallest absolute Gasteiger partial charge is 0.306 e. The van der Waals surface area contributed by atoms with Crippen molar-refractivity contribution in [3.63, 3.8) is 0 Å². The lowest BCUT2D eigenvalue weighted by Crippen LogP contribution is -2.30. The van der Waals surface area contributed by atoms with Gasteiger partial charge in [-0.25, -0.2) is 0 Å². The minimum absolute atomic E-state index is 0.0880. The Morgan fingerprint density at radius 3 is 0.747 bits per heavy atom. The lowest BCUT2D eigenvalue weighted by molar-refractivity contribution is -0.167. The zero-order valence-electron chi connectivity index (χ0n) is 54.2. The molecule has 6 nitrogen and oxygen atoms in total. The van der Waals surface area contributed by atoms with E-state index in [-0.39, 0.29) is 31.1 Å². The van der Waals surface area contributed by atoms with E-state index in [2.05, 4.69) is 154 Å².